The second-order valence-electron chi connectivity index (χ2n) is 5.77. The number of carbonyl (C=O) groups is 1. The number of fused-ring (bicyclic) bond motifs is 1. The fraction of sp³-hybridized carbons (Fsp3) is 0.111. The van der Waals surface area contributed by atoms with Gasteiger partial charge < -0.3 is 5.32 Å². The third-order valence-electron chi connectivity index (χ3n) is 3.98. The molecule has 2 aromatic carbocycles. The summed E-state index contributed by atoms with van der Waals surface area (Å²) in [5, 5.41) is 9.10. The lowest BCUT2D eigenvalue weighted by atomic mass is 10.2. The number of rotatable bonds is 3. The zero-order valence-electron chi connectivity index (χ0n) is 13.3. The van der Waals surface area contributed by atoms with Crippen LogP contribution in [0, 0.1) is 0 Å². The van der Waals surface area contributed by atoms with Crippen molar-refractivity contribution in [2.24, 2.45) is 0 Å². The number of hydrogen-bond donors (Lipinski definition) is 1. The monoisotopic (exact) mass is 423 g/mol. The Morgan fingerprint density at radius 1 is 1.00 bits per heavy atom. The Kier molecular flexibility index (Phi) is 4.88. The van der Waals surface area contributed by atoms with Crippen LogP contribution in [0.1, 0.15) is 21.6 Å². The number of thioether (sulfide) groups is 1. The first kappa shape index (κ1) is 17.7. The van der Waals surface area contributed by atoms with Gasteiger partial charge in [-0.05, 0) is 42.5 Å². The van der Waals surface area contributed by atoms with Gasteiger partial charge in [-0.3, -0.25) is 4.79 Å². The molecule has 0 unspecified atom stereocenters. The van der Waals surface area contributed by atoms with E-state index < -0.39 is 0 Å². The summed E-state index contributed by atoms with van der Waals surface area (Å²) in [7, 11) is 0. The van der Waals surface area contributed by atoms with Gasteiger partial charge in [-0.1, -0.05) is 34.8 Å². The highest BCUT2D eigenvalue weighted by Crippen LogP contribution is 2.36. The third-order valence-corrected chi connectivity index (χ3v) is 5.64. The molecule has 1 aliphatic heterocycles. The lowest BCUT2D eigenvalue weighted by molar-refractivity contribution is 0.102. The molecule has 1 amide bonds. The molecular formula is C18H12Cl3N3OS. The largest absolute Gasteiger partial charge is 0.306 e. The summed E-state index contributed by atoms with van der Waals surface area (Å²) in [4.78, 5) is 12.8. The van der Waals surface area contributed by atoms with Crippen LogP contribution < -0.4 is 5.32 Å². The van der Waals surface area contributed by atoms with Crippen molar-refractivity contribution in [2.45, 2.75) is 11.5 Å². The van der Waals surface area contributed by atoms with Crippen molar-refractivity contribution in [1.82, 2.24) is 9.78 Å². The maximum atomic E-state index is 12.8. The first-order valence-electron chi connectivity index (χ1n) is 7.73. The normalized spacial score (nSPS) is 12.9. The zero-order chi connectivity index (χ0) is 18.3. The molecule has 8 heteroatoms. The molecule has 132 valence electrons. The number of carbonyl (C=O) groups excluding carboxylic acids is 1. The van der Waals surface area contributed by atoms with Crippen molar-refractivity contribution < 1.29 is 4.79 Å². The van der Waals surface area contributed by atoms with Crippen LogP contribution in [0.15, 0.2) is 42.5 Å². The van der Waals surface area contributed by atoms with E-state index in [4.69, 9.17) is 34.8 Å². The molecule has 0 radical (unpaired) electrons. The highest BCUT2D eigenvalue weighted by molar-refractivity contribution is 7.98. The minimum Gasteiger partial charge on any atom is -0.306 e. The number of amides is 1. The summed E-state index contributed by atoms with van der Waals surface area (Å²) in [5.74, 6) is 1.99. The number of aromatic nitrogens is 2. The molecule has 4 nitrogen and oxygen atoms in total. The summed E-state index contributed by atoms with van der Waals surface area (Å²) in [5.41, 5.74) is 3.23. The molecule has 1 N–H and O–H groups in total. The Bertz CT molecular complexity index is 981. The van der Waals surface area contributed by atoms with Crippen LogP contribution in [0.3, 0.4) is 0 Å². The lowest BCUT2D eigenvalue weighted by Crippen LogP contribution is -2.16. The third kappa shape index (κ3) is 3.45. The first-order chi connectivity index (χ1) is 12.5. The van der Waals surface area contributed by atoms with Crippen molar-refractivity contribution >= 4 is 58.3 Å². The number of halogens is 3. The molecule has 0 fully saturated rings. The summed E-state index contributed by atoms with van der Waals surface area (Å²) in [6, 6.07) is 12.1. The van der Waals surface area contributed by atoms with Gasteiger partial charge >= 0.3 is 0 Å². The van der Waals surface area contributed by atoms with Gasteiger partial charge in [0.1, 0.15) is 5.82 Å². The quantitative estimate of drug-likeness (QED) is 0.575. The van der Waals surface area contributed by atoms with Crippen LogP contribution in [-0.2, 0) is 11.5 Å². The Balaban J connectivity index is 1.73. The molecule has 4 rings (SSSR count). The van der Waals surface area contributed by atoms with Crippen LogP contribution in [0.4, 0.5) is 5.82 Å². The number of nitrogens with zero attached hydrogens (tertiary/aromatic N) is 2. The molecule has 3 aromatic rings. The van der Waals surface area contributed by atoms with E-state index in [9.17, 15) is 4.79 Å². The minimum atomic E-state index is -0.288. The van der Waals surface area contributed by atoms with E-state index in [1.54, 1.807) is 46.8 Å². The molecule has 0 saturated carbocycles. The zero-order valence-corrected chi connectivity index (χ0v) is 16.4. The van der Waals surface area contributed by atoms with Crippen molar-refractivity contribution in [3.05, 3.63) is 74.4 Å². The maximum absolute atomic E-state index is 12.8. The van der Waals surface area contributed by atoms with E-state index in [0.717, 1.165) is 28.5 Å². The highest BCUT2D eigenvalue weighted by atomic mass is 35.5. The summed E-state index contributed by atoms with van der Waals surface area (Å²) in [6.07, 6.45) is 0. The number of anilines is 1. The second-order valence-corrected chi connectivity index (χ2v) is 8.06. The molecule has 0 atom stereocenters. The molecule has 2 heterocycles. The van der Waals surface area contributed by atoms with Crippen LogP contribution >= 0.6 is 46.6 Å². The van der Waals surface area contributed by atoms with Crippen molar-refractivity contribution in [1.29, 1.82) is 0 Å². The molecule has 0 spiro atoms. The van der Waals surface area contributed by atoms with Gasteiger partial charge in [-0.2, -0.15) is 16.9 Å². The van der Waals surface area contributed by atoms with Crippen molar-refractivity contribution in [2.75, 3.05) is 5.32 Å². The lowest BCUT2D eigenvalue weighted by Gasteiger charge is -2.11. The summed E-state index contributed by atoms with van der Waals surface area (Å²) >= 11 is 19.8. The van der Waals surface area contributed by atoms with E-state index in [2.05, 4.69) is 10.4 Å². The van der Waals surface area contributed by atoms with Gasteiger partial charge in [-0.15, -0.1) is 0 Å². The van der Waals surface area contributed by atoms with Crippen LogP contribution in [-0.4, -0.2) is 15.7 Å². The average Bonchev–Trinajstić information content (AvgIpc) is 3.17. The molecule has 0 aliphatic carbocycles. The SMILES string of the molecule is O=C(Nc1c2c(nn1-c1ccc(Cl)cc1)CSC2)c1cc(Cl)cc(Cl)c1. The van der Waals surface area contributed by atoms with Crippen LogP contribution in [0.2, 0.25) is 15.1 Å². The predicted octanol–water partition coefficient (Wildman–Crippen LogP) is 5.83. The van der Waals surface area contributed by atoms with E-state index in [1.807, 2.05) is 12.1 Å². The molecule has 1 aliphatic rings. The smallest absolute Gasteiger partial charge is 0.256 e. The van der Waals surface area contributed by atoms with Gasteiger partial charge in [0, 0.05) is 37.7 Å². The van der Waals surface area contributed by atoms with Crippen molar-refractivity contribution in [3.8, 4) is 5.69 Å². The van der Waals surface area contributed by atoms with Gasteiger partial charge in [0.05, 0.1) is 11.4 Å². The molecule has 26 heavy (non-hydrogen) atoms. The summed E-state index contributed by atoms with van der Waals surface area (Å²) < 4.78 is 1.74. The molecule has 0 bridgehead atoms. The molecular weight excluding hydrogens is 413 g/mol. The van der Waals surface area contributed by atoms with Crippen LogP contribution in [0.5, 0.6) is 0 Å². The Morgan fingerprint density at radius 2 is 1.69 bits per heavy atom. The van der Waals surface area contributed by atoms with E-state index >= 15 is 0 Å². The van der Waals surface area contributed by atoms with Gasteiger partial charge in [-0.25, -0.2) is 4.68 Å². The van der Waals surface area contributed by atoms with Gasteiger partial charge in [0.2, 0.25) is 0 Å². The maximum Gasteiger partial charge on any atom is 0.256 e. The Morgan fingerprint density at radius 3 is 2.38 bits per heavy atom. The van der Waals surface area contributed by atoms with E-state index in [0.29, 0.717) is 26.4 Å². The van der Waals surface area contributed by atoms with Gasteiger partial charge in [0.25, 0.3) is 5.91 Å². The van der Waals surface area contributed by atoms with Crippen molar-refractivity contribution in [3.63, 3.8) is 0 Å². The van der Waals surface area contributed by atoms with E-state index in [-0.39, 0.29) is 5.91 Å². The first-order valence-corrected chi connectivity index (χ1v) is 10.0. The number of nitrogens with one attached hydrogen (secondary N) is 1. The number of hydrogen-bond acceptors (Lipinski definition) is 3. The topological polar surface area (TPSA) is 46.9 Å². The minimum absolute atomic E-state index is 0.288. The highest BCUT2D eigenvalue weighted by Gasteiger charge is 2.25. The molecule has 0 saturated heterocycles. The Labute approximate surface area is 169 Å². The molecule has 1 aromatic heterocycles. The number of benzene rings is 2. The second kappa shape index (κ2) is 7.16. The summed E-state index contributed by atoms with van der Waals surface area (Å²) in [6.45, 7) is 0. The Hall–Kier alpha value is -1.66. The predicted molar refractivity (Wildman–Crippen MR) is 108 cm³/mol. The standard InChI is InChI=1S/C18H12Cl3N3OS/c19-11-1-3-14(4-2-11)24-17(15-8-26-9-16(15)23-24)22-18(25)10-5-12(20)7-13(21)6-10/h1-7H,8-9H2,(H,22,25). The van der Waals surface area contributed by atoms with Crippen LogP contribution in [0.25, 0.3) is 5.69 Å². The fourth-order valence-electron chi connectivity index (χ4n) is 2.78. The van der Waals surface area contributed by atoms with Gasteiger partial charge in [0.15, 0.2) is 0 Å². The fourth-order valence-corrected chi connectivity index (χ4v) is 4.46. The van der Waals surface area contributed by atoms with E-state index in [1.165, 1.54) is 0 Å². The average molecular weight is 425 g/mol.